The zero-order chi connectivity index (χ0) is 20.8. The average Bonchev–Trinajstić information content (AvgIpc) is 3.16. The SMILES string of the molecule is O=C(CNc1ccc(Cl)cc1)N/N=C\c1ccc(-c2ccc(Cl)cc2[N+](=O)[O-])o1. The van der Waals surface area contributed by atoms with Gasteiger partial charge in [0.05, 0.1) is 23.2 Å². The van der Waals surface area contributed by atoms with Crippen molar-refractivity contribution >= 4 is 46.7 Å². The molecule has 148 valence electrons. The van der Waals surface area contributed by atoms with Gasteiger partial charge in [0.25, 0.3) is 11.6 Å². The van der Waals surface area contributed by atoms with Gasteiger partial charge < -0.3 is 9.73 Å². The molecule has 0 saturated carbocycles. The van der Waals surface area contributed by atoms with Crippen LogP contribution in [-0.4, -0.2) is 23.6 Å². The lowest BCUT2D eigenvalue weighted by molar-refractivity contribution is -0.384. The van der Waals surface area contributed by atoms with E-state index < -0.39 is 4.92 Å². The summed E-state index contributed by atoms with van der Waals surface area (Å²) in [5, 5.41) is 18.8. The number of furan rings is 1. The van der Waals surface area contributed by atoms with Gasteiger partial charge in [0.1, 0.15) is 11.5 Å². The Bertz CT molecular complexity index is 1060. The number of hydrogen-bond acceptors (Lipinski definition) is 6. The van der Waals surface area contributed by atoms with Crippen LogP contribution >= 0.6 is 23.2 Å². The molecule has 0 spiro atoms. The van der Waals surface area contributed by atoms with Crippen LogP contribution in [-0.2, 0) is 4.79 Å². The molecule has 0 atom stereocenters. The zero-order valence-electron chi connectivity index (χ0n) is 14.8. The quantitative estimate of drug-likeness (QED) is 0.318. The molecule has 0 fully saturated rings. The lowest BCUT2D eigenvalue weighted by Crippen LogP contribution is -2.25. The molecule has 0 aliphatic rings. The Labute approximate surface area is 175 Å². The van der Waals surface area contributed by atoms with Crippen molar-refractivity contribution < 1.29 is 14.1 Å². The fourth-order valence-electron chi connectivity index (χ4n) is 2.39. The number of amides is 1. The van der Waals surface area contributed by atoms with Crippen LogP contribution in [0.25, 0.3) is 11.3 Å². The molecule has 0 saturated heterocycles. The first-order valence-corrected chi connectivity index (χ1v) is 9.03. The maximum absolute atomic E-state index is 11.8. The zero-order valence-corrected chi connectivity index (χ0v) is 16.3. The minimum atomic E-state index is -0.536. The predicted octanol–water partition coefficient (Wildman–Crippen LogP) is 4.72. The van der Waals surface area contributed by atoms with Gasteiger partial charge in [-0.15, -0.1) is 0 Å². The number of rotatable bonds is 7. The molecule has 2 aromatic carbocycles. The number of nitrogens with zero attached hydrogens (tertiary/aromatic N) is 2. The van der Waals surface area contributed by atoms with Crippen LogP contribution in [0.2, 0.25) is 10.0 Å². The van der Waals surface area contributed by atoms with Crippen molar-refractivity contribution in [1.82, 2.24) is 5.43 Å². The van der Waals surface area contributed by atoms with Crippen molar-refractivity contribution in [3.63, 3.8) is 0 Å². The number of nitro benzene ring substituents is 1. The van der Waals surface area contributed by atoms with E-state index in [1.54, 1.807) is 36.4 Å². The molecule has 3 aromatic rings. The summed E-state index contributed by atoms with van der Waals surface area (Å²) < 4.78 is 5.55. The standard InChI is InChI=1S/C19H14Cl2N4O4/c20-12-1-4-14(5-2-12)22-11-19(26)24-23-10-15-6-8-18(29-15)16-7-3-13(21)9-17(16)25(27)28/h1-10,22H,11H2,(H,24,26)/b23-10-. The van der Waals surface area contributed by atoms with Gasteiger partial charge in [-0.1, -0.05) is 23.2 Å². The van der Waals surface area contributed by atoms with Crippen molar-refractivity contribution in [2.75, 3.05) is 11.9 Å². The molecule has 0 aliphatic heterocycles. The van der Waals surface area contributed by atoms with Crippen LogP contribution in [0.1, 0.15) is 5.76 Å². The van der Waals surface area contributed by atoms with Gasteiger partial charge in [-0.05, 0) is 48.5 Å². The average molecular weight is 433 g/mol. The molecule has 10 heteroatoms. The monoisotopic (exact) mass is 432 g/mol. The first-order valence-electron chi connectivity index (χ1n) is 8.28. The van der Waals surface area contributed by atoms with Crippen LogP contribution in [0.4, 0.5) is 11.4 Å². The molecule has 0 aliphatic carbocycles. The number of nitrogens with one attached hydrogen (secondary N) is 2. The van der Waals surface area contributed by atoms with Crippen molar-refractivity contribution in [1.29, 1.82) is 0 Å². The third kappa shape index (κ3) is 5.56. The number of anilines is 1. The summed E-state index contributed by atoms with van der Waals surface area (Å²) in [5.74, 6) is 0.233. The van der Waals surface area contributed by atoms with Crippen molar-refractivity contribution in [2.24, 2.45) is 5.10 Å². The second kappa shape index (κ2) is 9.22. The summed E-state index contributed by atoms with van der Waals surface area (Å²) in [6.45, 7) is 0.0132. The Morgan fingerprint density at radius 1 is 1.10 bits per heavy atom. The normalized spacial score (nSPS) is 10.8. The van der Waals surface area contributed by atoms with Crippen LogP contribution in [0.15, 0.2) is 64.1 Å². The van der Waals surface area contributed by atoms with E-state index in [1.165, 1.54) is 24.4 Å². The number of carbonyl (C=O) groups is 1. The Morgan fingerprint density at radius 2 is 1.83 bits per heavy atom. The summed E-state index contributed by atoms with van der Waals surface area (Å²) >= 11 is 11.6. The fraction of sp³-hybridized carbons (Fsp3) is 0.0526. The Hall–Kier alpha value is -3.36. The second-order valence-electron chi connectivity index (χ2n) is 5.77. The van der Waals surface area contributed by atoms with E-state index in [-0.39, 0.29) is 34.5 Å². The van der Waals surface area contributed by atoms with Crippen LogP contribution < -0.4 is 10.7 Å². The van der Waals surface area contributed by atoms with Gasteiger partial charge in [0.15, 0.2) is 0 Å². The maximum Gasteiger partial charge on any atom is 0.281 e. The van der Waals surface area contributed by atoms with Gasteiger partial charge in [0, 0.05) is 21.8 Å². The molecular formula is C19H14Cl2N4O4. The number of halogens is 2. The third-order valence-electron chi connectivity index (χ3n) is 3.73. The Balaban J connectivity index is 1.59. The lowest BCUT2D eigenvalue weighted by atomic mass is 10.1. The van der Waals surface area contributed by atoms with Crippen molar-refractivity contribution in [3.05, 3.63) is 80.5 Å². The highest BCUT2D eigenvalue weighted by molar-refractivity contribution is 6.31. The van der Waals surface area contributed by atoms with E-state index in [9.17, 15) is 14.9 Å². The maximum atomic E-state index is 11.8. The molecule has 3 rings (SSSR count). The fourth-order valence-corrected chi connectivity index (χ4v) is 2.68. The number of benzene rings is 2. The van der Waals surface area contributed by atoms with Crippen molar-refractivity contribution in [3.8, 4) is 11.3 Å². The molecule has 8 nitrogen and oxygen atoms in total. The largest absolute Gasteiger partial charge is 0.455 e. The van der Waals surface area contributed by atoms with E-state index in [4.69, 9.17) is 27.6 Å². The molecule has 1 aromatic heterocycles. The highest BCUT2D eigenvalue weighted by Gasteiger charge is 2.18. The molecule has 1 heterocycles. The summed E-state index contributed by atoms with van der Waals surface area (Å²) in [6, 6.07) is 14.4. The second-order valence-corrected chi connectivity index (χ2v) is 6.65. The number of hydrogen-bond donors (Lipinski definition) is 2. The summed E-state index contributed by atoms with van der Waals surface area (Å²) in [7, 11) is 0. The third-order valence-corrected chi connectivity index (χ3v) is 4.21. The van der Waals surface area contributed by atoms with E-state index in [1.807, 2.05) is 0 Å². The summed E-state index contributed by atoms with van der Waals surface area (Å²) in [6.07, 6.45) is 1.30. The molecule has 29 heavy (non-hydrogen) atoms. The highest BCUT2D eigenvalue weighted by atomic mass is 35.5. The van der Waals surface area contributed by atoms with Crippen LogP contribution in [0.5, 0.6) is 0 Å². The number of carbonyl (C=O) groups excluding carboxylic acids is 1. The van der Waals surface area contributed by atoms with Gasteiger partial charge in [0.2, 0.25) is 0 Å². The predicted molar refractivity (Wildman–Crippen MR) is 111 cm³/mol. The van der Waals surface area contributed by atoms with E-state index in [0.29, 0.717) is 10.8 Å². The van der Waals surface area contributed by atoms with Crippen LogP contribution in [0, 0.1) is 10.1 Å². The van der Waals surface area contributed by atoms with Crippen LogP contribution in [0.3, 0.4) is 0 Å². The topological polar surface area (TPSA) is 110 Å². The Kier molecular flexibility index (Phi) is 6.48. The van der Waals surface area contributed by atoms with Crippen molar-refractivity contribution in [2.45, 2.75) is 0 Å². The smallest absolute Gasteiger partial charge is 0.281 e. The lowest BCUT2D eigenvalue weighted by Gasteiger charge is -2.04. The molecule has 0 radical (unpaired) electrons. The summed E-state index contributed by atoms with van der Waals surface area (Å²) in [5.41, 5.74) is 3.22. The minimum absolute atomic E-state index is 0.0132. The van der Waals surface area contributed by atoms with Gasteiger partial charge in [-0.25, -0.2) is 5.43 Å². The molecular weight excluding hydrogens is 419 g/mol. The van der Waals surface area contributed by atoms with E-state index in [2.05, 4.69) is 15.8 Å². The number of nitro groups is 1. The van der Waals surface area contributed by atoms with Gasteiger partial charge in [-0.3, -0.25) is 14.9 Å². The first-order chi connectivity index (χ1) is 13.9. The highest BCUT2D eigenvalue weighted by Crippen LogP contribution is 2.33. The van der Waals surface area contributed by atoms with E-state index in [0.717, 1.165) is 5.69 Å². The van der Waals surface area contributed by atoms with Gasteiger partial charge in [-0.2, -0.15) is 5.10 Å². The molecule has 0 unspecified atom stereocenters. The molecule has 0 bridgehead atoms. The number of hydrazone groups is 1. The van der Waals surface area contributed by atoms with E-state index >= 15 is 0 Å². The molecule has 1 amide bonds. The minimum Gasteiger partial charge on any atom is -0.455 e. The summed E-state index contributed by atoms with van der Waals surface area (Å²) in [4.78, 5) is 22.5. The van der Waals surface area contributed by atoms with Gasteiger partial charge >= 0.3 is 0 Å². The Morgan fingerprint density at radius 3 is 2.55 bits per heavy atom. The molecule has 2 N–H and O–H groups in total. The first kappa shape index (κ1) is 20.4.